The van der Waals surface area contributed by atoms with Gasteiger partial charge in [0.25, 0.3) is 5.91 Å². The van der Waals surface area contributed by atoms with E-state index >= 15 is 0 Å². The molecule has 178 valence electrons. The number of aryl methyl sites for hydroxylation is 1. The van der Waals surface area contributed by atoms with Crippen LogP contribution in [0.2, 0.25) is 0 Å². The van der Waals surface area contributed by atoms with E-state index in [2.05, 4.69) is 30.9 Å². The van der Waals surface area contributed by atoms with E-state index in [9.17, 15) is 9.59 Å². The number of carbonyl (C=O) groups excluding carboxylic acids is 2. The van der Waals surface area contributed by atoms with Gasteiger partial charge in [0, 0.05) is 11.6 Å². The number of rotatable bonds is 7. The summed E-state index contributed by atoms with van der Waals surface area (Å²) < 4.78 is 5.10. The summed E-state index contributed by atoms with van der Waals surface area (Å²) in [6, 6.07) is 14.2. The number of amides is 2. The van der Waals surface area contributed by atoms with Gasteiger partial charge in [-0.3, -0.25) is 14.6 Å². The summed E-state index contributed by atoms with van der Waals surface area (Å²) in [7, 11) is 3.23. The highest BCUT2D eigenvalue weighted by Gasteiger charge is 2.17. The molecule has 2 amide bonds. The Morgan fingerprint density at radius 1 is 1.00 bits per heavy atom. The molecule has 9 nitrogen and oxygen atoms in total. The molecule has 0 fully saturated rings. The van der Waals surface area contributed by atoms with Crippen LogP contribution < -0.4 is 20.7 Å². The molecule has 3 aromatic heterocycles. The zero-order valence-corrected chi connectivity index (χ0v) is 19.9. The number of likely N-dealkylation sites (N-methyl/N-ethyl adjacent to an activating group) is 1. The fraction of sp³-hybridized carbons (Fsp3) is 0.192. The summed E-state index contributed by atoms with van der Waals surface area (Å²) in [5.41, 5.74) is 3.78. The van der Waals surface area contributed by atoms with Crippen LogP contribution in [0.5, 0.6) is 5.75 Å². The lowest BCUT2D eigenvalue weighted by Gasteiger charge is -2.16. The van der Waals surface area contributed by atoms with Gasteiger partial charge >= 0.3 is 0 Å². The van der Waals surface area contributed by atoms with E-state index in [4.69, 9.17) is 4.74 Å². The number of hydrogen-bond donors (Lipinski definition) is 3. The van der Waals surface area contributed by atoms with Gasteiger partial charge in [-0.05, 0) is 74.0 Å². The fourth-order valence-electron chi connectivity index (χ4n) is 3.63. The number of methoxy groups -OCH3 is 1. The second-order valence-corrected chi connectivity index (χ2v) is 7.99. The largest absolute Gasteiger partial charge is 0.495 e. The average molecular weight is 471 g/mol. The van der Waals surface area contributed by atoms with Crippen LogP contribution in [0.4, 0.5) is 11.6 Å². The van der Waals surface area contributed by atoms with Gasteiger partial charge in [0.15, 0.2) is 0 Å². The first-order valence-electron chi connectivity index (χ1n) is 11.1. The molecule has 0 saturated carbocycles. The van der Waals surface area contributed by atoms with Gasteiger partial charge in [0.2, 0.25) is 5.91 Å². The van der Waals surface area contributed by atoms with Crippen LogP contribution >= 0.6 is 0 Å². The SMILES string of the molecule is CNC(C)C(=O)Nc1cc(-c2c(C)ccc3ncccc23)cc(NC(=O)c2ccc(OC)cn2)n1. The lowest BCUT2D eigenvalue weighted by molar-refractivity contribution is -0.117. The van der Waals surface area contributed by atoms with Gasteiger partial charge < -0.3 is 20.7 Å². The molecule has 3 N–H and O–H groups in total. The molecular weight excluding hydrogens is 444 g/mol. The molecule has 0 aliphatic rings. The smallest absolute Gasteiger partial charge is 0.275 e. The lowest BCUT2D eigenvalue weighted by atomic mass is 9.96. The van der Waals surface area contributed by atoms with E-state index in [1.807, 2.05) is 31.2 Å². The molecule has 0 saturated heterocycles. The highest BCUT2D eigenvalue weighted by Crippen LogP contribution is 2.33. The van der Waals surface area contributed by atoms with Crippen molar-refractivity contribution in [3.8, 4) is 16.9 Å². The number of anilines is 2. The zero-order valence-electron chi connectivity index (χ0n) is 19.9. The van der Waals surface area contributed by atoms with Crippen molar-refractivity contribution >= 4 is 34.4 Å². The summed E-state index contributed by atoms with van der Waals surface area (Å²) in [4.78, 5) is 38.5. The molecule has 0 bridgehead atoms. The van der Waals surface area contributed by atoms with Gasteiger partial charge in [-0.25, -0.2) is 9.97 Å². The van der Waals surface area contributed by atoms with Gasteiger partial charge in [-0.2, -0.15) is 0 Å². The first-order chi connectivity index (χ1) is 16.9. The lowest BCUT2D eigenvalue weighted by Crippen LogP contribution is -2.35. The normalized spacial score (nSPS) is 11.7. The van der Waals surface area contributed by atoms with Crippen molar-refractivity contribution in [2.24, 2.45) is 0 Å². The number of carbonyl (C=O) groups is 2. The Hall–Kier alpha value is -4.37. The Kier molecular flexibility index (Phi) is 6.98. The Balaban J connectivity index is 1.77. The molecular formula is C26H26N6O3. The quantitative estimate of drug-likeness (QED) is 0.376. The number of nitrogens with one attached hydrogen (secondary N) is 3. The standard InChI is InChI=1S/C26H26N6O3/c1-15-7-9-20-19(6-5-11-28-20)24(15)17-12-22(31-25(33)16(2)27-3)30-23(13-17)32-26(34)21-10-8-18(35-4)14-29-21/h5-14,16,27H,1-4H3,(H2,30,31,32,33,34). The molecule has 0 aliphatic carbocycles. The maximum absolute atomic E-state index is 12.9. The average Bonchev–Trinajstić information content (AvgIpc) is 2.87. The molecule has 9 heteroatoms. The second-order valence-electron chi connectivity index (χ2n) is 7.99. The van der Waals surface area contributed by atoms with Crippen molar-refractivity contribution < 1.29 is 14.3 Å². The Labute approximate surface area is 203 Å². The molecule has 0 aliphatic heterocycles. The van der Waals surface area contributed by atoms with Gasteiger partial charge in [-0.15, -0.1) is 0 Å². The summed E-state index contributed by atoms with van der Waals surface area (Å²) in [6.45, 7) is 3.75. The predicted molar refractivity (Wildman–Crippen MR) is 136 cm³/mol. The van der Waals surface area contributed by atoms with Crippen LogP contribution in [0.1, 0.15) is 23.0 Å². The van der Waals surface area contributed by atoms with E-state index in [1.54, 1.807) is 44.4 Å². The van der Waals surface area contributed by atoms with Crippen LogP contribution in [0, 0.1) is 6.92 Å². The van der Waals surface area contributed by atoms with Gasteiger partial charge in [0.05, 0.1) is 24.9 Å². The number of pyridine rings is 3. The molecule has 0 radical (unpaired) electrons. The first-order valence-corrected chi connectivity index (χ1v) is 11.1. The second kappa shape index (κ2) is 10.3. The molecule has 1 unspecified atom stereocenters. The third kappa shape index (κ3) is 5.25. The van der Waals surface area contributed by atoms with Crippen molar-refractivity contribution in [2.75, 3.05) is 24.8 Å². The number of benzene rings is 1. The highest BCUT2D eigenvalue weighted by molar-refractivity contribution is 6.04. The van der Waals surface area contributed by atoms with Crippen LogP contribution in [0.25, 0.3) is 22.0 Å². The molecule has 4 rings (SSSR count). The minimum absolute atomic E-state index is 0.206. The maximum atomic E-state index is 12.9. The molecule has 3 heterocycles. The summed E-state index contributed by atoms with van der Waals surface area (Å²) in [6.07, 6.45) is 3.21. The van der Waals surface area contributed by atoms with Crippen molar-refractivity contribution in [1.82, 2.24) is 20.3 Å². The number of ether oxygens (including phenoxy) is 1. The predicted octanol–water partition coefficient (Wildman–Crippen LogP) is 3.81. The summed E-state index contributed by atoms with van der Waals surface area (Å²) in [5.74, 6) is 0.452. The van der Waals surface area contributed by atoms with E-state index in [0.717, 1.165) is 27.6 Å². The Morgan fingerprint density at radius 3 is 2.46 bits per heavy atom. The van der Waals surface area contributed by atoms with E-state index in [1.165, 1.54) is 13.3 Å². The summed E-state index contributed by atoms with van der Waals surface area (Å²) >= 11 is 0. The minimum atomic E-state index is -0.436. The topological polar surface area (TPSA) is 118 Å². The number of aromatic nitrogens is 3. The van der Waals surface area contributed by atoms with Crippen molar-refractivity contribution in [3.63, 3.8) is 0 Å². The zero-order chi connectivity index (χ0) is 24.9. The fourth-order valence-corrected chi connectivity index (χ4v) is 3.63. The molecule has 1 atom stereocenters. The van der Waals surface area contributed by atoms with Crippen LogP contribution in [-0.2, 0) is 4.79 Å². The molecule has 35 heavy (non-hydrogen) atoms. The van der Waals surface area contributed by atoms with Crippen molar-refractivity contribution in [2.45, 2.75) is 19.9 Å². The van der Waals surface area contributed by atoms with Crippen LogP contribution in [0.3, 0.4) is 0 Å². The summed E-state index contributed by atoms with van der Waals surface area (Å²) in [5, 5.41) is 9.48. The first kappa shape index (κ1) is 23.8. The molecule has 0 spiro atoms. The third-order valence-corrected chi connectivity index (χ3v) is 5.63. The number of hydrogen-bond acceptors (Lipinski definition) is 7. The van der Waals surface area contributed by atoms with E-state index < -0.39 is 11.9 Å². The van der Waals surface area contributed by atoms with Gasteiger partial charge in [-0.1, -0.05) is 12.1 Å². The van der Waals surface area contributed by atoms with E-state index in [-0.39, 0.29) is 17.4 Å². The van der Waals surface area contributed by atoms with Crippen LogP contribution in [0.15, 0.2) is 60.9 Å². The highest BCUT2D eigenvalue weighted by atomic mass is 16.5. The number of fused-ring (bicyclic) bond motifs is 1. The van der Waals surface area contributed by atoms with Crippen molar-refractivity contribution in [3.05, 3.63) is 72.2 Å². The monoisotopic (exact) mass is 470 g/mol. The number of nitrogens with zero attached hydrogens (tertiary/aromatic N) is 3. The maximum Gasteiger partial charge on any atom is 0.275 e. The van der Waals surface area contributed by atoms with Gasteiger partial charge in [0.1, 0.15) is 23.1 Å². The Morgan fingerprint density at radius 2 is 1.77 bits per heavy atom. The van der Waals surface area contributed by atoms with E-state index in [0.29, 0.717) is 11.6 Å². The third-order valence-electron chi connectivity index (χ3n) is 5.63. The minimum Gasteiger partial charge on any atom is -0.495 e. The van der Waals surface area contributed by atoms with Crippen molar-refractivity contribution in [1.29, 1.82) is 0 Å². The van der Waals surface area contributed by atoms with Crippen LogP contribution in [-0.4, -0.2) is 47.0 Å². The Bertz CT molecular complexity index is 1390. The molecule has 1 aromatic carbocycles. The molecule has 4 aromatic rings.